The van der Waals surface area contributed by atoms with Gasteiger partial charge in [0.25, 0.3) is 11.8 Å². The van der Waals surface area contributed by atoms with Gasteiger partial charge < -0.3 is 0 Å². The van der Waals surface area contributed by atoms with Gasteiger partial charge in [-0.25, -0.2) is 18.6 Å². The Balaban J connectivity index is 1.95. The normalized spacial score (nSPS) is 28.8. The lowest BCUT2D eigenvalue weighted by molar-refractivity contribution is -0.156. The van der Waals surface area contributed by atoms with Crippen LogP contribution in [0, 0.1) is 12.0 Å². The molecule has 0 bridgehead atoms. The summed E-state index contributed by atoms with van der Waals surface area (Å²) in [5, 5.41) is 3.12. The van der Waals surface area contributed by atoms with Crippen LogP contribution in [-0.2, 0) is 4.79 Å². The van der Waals surface area contributed by atoms with Crippen LogP contribution in [0.15, 0.2) is 18.5 Å². The molecule has 5 nitrogen and oxygen atoms in total. The Morgan fingerprint density at radius 1 is 1.50 bits per heavy atom. The van der Waals surface area contributed by atoms with E-state index in [2.05, 4.69) is 9.83 Å². The van der Waals surface area contributed by atoms with Crippen LogP contribution in [0.25, 0.3) is 4.85 Å². The lowest BCUT2D eigenvalue weighted by Crippen LogP contribution is -2.45. The molecule has 2 aliphatic rings. The van der Waals surface area contributed by atoms with Crippen LogP contribution in [0.3, 0.4) is 0 Å². The highest BCUT2D eigenvalue weighted by Gasteiger charge is 2.62. The number of amides is 1. The van der Waals surface area contributed by atoms with Crippen LogP contribution < -0.4 is 0 Å². The van der Waals surface area contributed by atoms with Crippen molar-refractivity contribution in [1.29, 1.82) is 0 Å². The molecule has 1 amide bonds. The quantitative estimate of drug-likeness (QED) is 0.789. The number of carbonyl (C=O) groups excluding carboxylic acids is 1. The average molecular weight is 306 g/mol. The minimum absolute atomic E-state index is 0.0156. The first-order valence-corrected chi connectivity index (χ1v) is 7.07. The van der Waals surface area contributed by atoms with Gasteiger partial charge in [-0.05, 0) is 25.0 Å². The molecule has 0 saturated carbocycles. The number of pyridine rings is 1. The number of alkyl halides is 2. The number of fused-ring (bicyclic) bond motifs is 1. The predicted molar refractivity (Wildman–Crippen MR) is 75.0 cm³/mol. The maximum absolute atomic E-state index is 13.9. The minimum Gasteiger partial charge on any atom is -0.276 e. The Morgan fingerprint density at radius 3 is 2.86 bits per heavy atom. The molecule has 3 heterocycles. The lowest BCUT2D eigenvalue weighted by atomic mass is 9.83. The van der Waals surface area contributed by atoms with Crippen molar-refractivity contribution in [2.75, 3.05) is 13.1 Å². The highest BCUT2D eigenvalue weighted by atomic mass is 19.3. The van der Waals surface area contributed by atoms with E-state index >= 15 is 0 Å². The Hall–Kier alpha value is -2.07. The fourth-order valence-corrected chi connectivity index (χ4v) is 3.13. The largest absolute Gasteiger partial charge is 0.276 e. The average Bonchev–Trinajstić information content (AvgIpc) is 2.98. The summed E-state index contributed by atoms with van der Waals surface area (Å²) >= 11 is 0. The van der Waals surface area contributed by atoms with Crippen LogP contribution in [0.5, 0.6) is 0 Å². The van der Waals surface area contributed by atoms with Gasteiger partial charge in [0.1, 0.15) is 5.41 Å². The number of carbonyl (C=O) groups is 1. The van der Waals surface area contributed by atoms with Crippen LogP contribution in [0.1, 0.15) is 31.9 Å². The van der Waals surface area contributed by atoms with Gasteiger partial charge in [-0.1, -0.05) is 0 Å². The highest BCUT2D eigenvalue weighted by molar-refractivity contribution is 5.86. The Bertz CT molecular complexity index is 666. The molecule has 0 unspecified atom stereocenters. The van der Waals surface area contributed by atoms with Gasteiger partial charge >= 0.3 is 0 Å². The van der Waals surface area contributed by atoms with Crippen molar-refractivity contribution < 1.29 is 13.6 Å². The van der Waals surface area contributed by atoms with Crippen LogP contribution in [-0.4, -0.2) is 39.9 Å². The number of hydrogen-bond donors (Lipinski definition) is 0. The smallest absolute Gasteiger partial charge is 0.260 e. The minimum atomic E-state index is -3.09. The lowest BCUT2D eigenvalue weighted by Gasteiger charge is -2.30. The molecule has 1 aromatic rings. The third-order valence-corrected chi connectivity index (χ3v) is 4.67. The molecule has 22 heavy (non-hydrogen) atoms. The van der Waals surface area contributed by atoms with E-state index in [1.54, 1.807) is 17.3 Å². The van der Waals surface area contributed by atoms with Crippen molar-refractivity contribution in [1.82, 2.24) is 15.0 Å². The van der Waals surface area contributed by atoms with E-state index in [4.69, 9.17) is 6.57 Å². The molecule has 7 heteroatoms. The second-order valence-electron chi connectivity index (χ2n) is 6.15. The van der Waals surface area contributed by atoms with E-state index in [1.807, 2.05) is 0 Å². The molecule has 1 aromatic heterocycles. The second kappa shape index (κ2) is 4.71. The molecule has 2 atom stereocenters. The maximum atomic E-state index is 13.9. The summed E-state index contributed by atoms with van der Waals surface area (Å²) in [5.41, 5.74) is -0.615. The zero-order valence-electron chi connectivity index (χ0n) is 12.4. The summed E-state index contributed by atoms with van der Waals surface area (Å²) in [6.07, 6.45) is 3.69. The van der Waals surface area contributed by atoms with Gasteiger partial charge in [-0.2, -0.15) is 0 Å². The van der Waals surface area contributed by atoms with Crippen LogP contribution >= 0.6 is 0 Å². The summed E-state index contributed by atoms with van der Waals surface area (Å²) in [4.78, 5) is 19.9. The summed E-state index contributed by atoms with van der Waals surface area (Å²) in [5.74, 6) is -3.65. The van der Waals surface area contributed by atoms with Gasteiger partial charge in [-0.3, -0.25) is 14.8 Å². The summed E-state index contributed by atoms with van der Waals surface area (Å²) < 4.78 is 27.8. The third-order valence-electron chi connectivity index (χ3n) is 4.67. The van der Waals surface area contributed by atoms with E-state index < -0.39 is 17.2 Å². The second-order valence-corrected chi connectivity index (χ2v) is 6.15. The SMILES string of the molecule is [C-]#[N+]c1cncc([C@@H]2CCN3C[C@](C)(C(C)(F)F)C(=O)N23)c1. The van der Waals surface area contributed by atoms with E-state index in [1.165, 1.54) is 18.1 Å². The summed E-state index contributed by atoms with van der Waals surface area (Å²) in [6, 6.07) is 1.34. The van der Waals surface area contributed by atoms with Crippen molar-refractivity contribution in [3.05, 3.63) is 35.4 Å². The van der Waals surface area contributed by atoms with Gasteiger partial charge in [0.05, 0.1) is 12.6 Å². The monoisotopic (exact) mass is 306 g/mol. The number of aromatic nitrogens is 1. The zero-order valence-corrected chi connectivity index (χ0v) is 12.4. The molecule has 0 N–H and O–H groups in total. The topological polar surface area (TPSA) is 40.8 Å². The van der Waals surface area contributed by atoms with E-state index in [-0.39, 0.29) is 12.6 Å². The first kappa shape index (κ1) is 14.9. The van der Waals surface area contributed by atoms with Crippen molar-refractivity contribution in [3.63, 3.8) is 0 Å². The Kier molecular flexibility index (Phi) is 3.18. The molecule has 2 fully saturated rings. The Labute approximate surface area is 127 Å². The molecule has 0 aliphatic carbocycles. The van der Waals surface area contributed by atoms with Gasteiger partial charge in [0, 0.05) is 32.4 Å². The third kappa shape index (κ3) is 1.98. The number of hydrogen-bond acceptors (Lipinski definition) is 3. The van der Waals surface area contributed by atoms with E-state index in [0.29, 0.717) is 24.2 Å². The number of hydrazine groups is 1. The molecule has 0 radical (unpaired) electrons. The predicted octanol–water partition coefficient (Wildman–Crippen LogP) is 2.80. The Morgan fingerprint density at radius 2 is 2.23 bits per heavy atom. The molecule has 0 spiro atoms. The fraction of sp³-hybridized carbons (Fsp3) is 0.533. The summed E-state index contributed by atoms with van der Waals surface area (Å²) in [7, 11) is 0. The first-order valence-electron chi connectivity index (χ1n) is 7.07. The fourth-order valence-electron chi connectivity index (χ4n) is 3.13. The molecule has 116 valence electrons. The maximum Gasteiger partial charge on any atom is 0.260 e. The first-order chi connectivity index (χ1) is 10.3. The molecule has 3 rings (SSSR count). The standard InChI is InChI=1S/C15H16F2N4O/c1-14(15(2,16)17)9-20-5-4-12(21(20)13(14)22)10-6-11(18-3)8-19-7-10/h6-8,12H,4-5,9H2,1-2H3/t12-,14-/m0/s1. The molecule has 2 saturated heterocycles. The molecule has 2 aliphatic heterocycles. The van der Waals surface area contributed by atoms with E-state index in [0.717, 1.165) is 6.92 Å². The molecule has 0 aromatic carbocycles. The number of rotatable bonds is 2. The van der Waals surface area contributed by atoms with Gasteiger partial charge in [0.15, 0.2) is 0 Å². The van der Waals surface area contributed by atoms with Crippen LogP contribution in [0.4, 0.5) is 14.5 Å². The van der Waals surface area contributed by atoms with Crippen molar-refractivity contribution in [2.45, 2.75) is 32.2 Å². The molecular formula is C15H16F2N4O. The number of nitrogens with zero attached hydrogens (tertiary/aromatic N) is 4. The van der Waals surface area contributed by atoms with Crippen molar-refractivity contribution in [3.8, 4) is 0 Å². The summed E-state index contributed by atoms with van der Waals surface area (Å²) in [6.45, 7) is 9.71. The number of halogens is 2. The van der Waals surface area contributed by atoms with E-state index in [9.17, 15) is 13.6 Å². The van der Waals surface area contributed by atoms with Gasteiger partial charge in [0.2, 0.25) is 5.69 Å². The van der Waals surface area contributed by atoms with Gasteiger partial charge in [-0.15, -0.1) is 0 Å². The molecular weight excluding hydrogens is 290 g/mol. The van der Waals surface area contributed by atoms with Crippen molar-refractivity contribution in [2.24, 2.45) is 5.41 Å². The highest BCUT2D eigenvalue weighted by Crippen LogP contribution is 2.48. The van der Waals surface area contributed by atoms with Crippen molar-refractivity contribution >= 4 is 11.6 Å². The zero-order chi connectivity index (χ0) is 16.1. The van der Waals surface area contributed by atoms with Crippen LogP contribution in [0.2, 0.25) is 0 Å².